The van der Waals surface area contributed by atoms with Crippen molar-refractivity contribution in [2.45, 2.75) is 31.2 Å². The Morgan fingerprint density at radius 1 is 1.17 bits per heavy atom. The molecule has 3 rings (SSSR count). The number of carbonyl (C=O) groups is 2. The van der Waals surface area contributed by atoms with E-state index in [1.807, 2.05) is 0 Å². The number of aromatic nitrogens is 1. The molecule has 0 spiro atoms. The number of aliphatic hydroxyl groups is 1. The molecule has 0 saturated heterocycles. The minimum absolute atomic E-state index is 0.0809. The summed E-state index contributed by atoms with van der Waals surface area (Å²) in [5, 5.41) is 16.1. The molecule has 3 N–H and O–H groups in total. The minimum atomic E-state index is -0.663. The minimum Gasteiger partial charge on any atom is -0.394 e. The van der Waals surface area contributed by atoms with Gasteiger partial charge in [-0.2, -0.15) is 0 Å². The van der Waals surface area contributed by atoms with E-state index in [4.69, 9.17) is 27.9 Å². The van der Waals surface area contributed by atoms with Gasteiger partial charge in [-0.3, -0.25) is 14.6 Å². The van der Waals surface area contributed by atoms with E-state index in [1.54, 1.807) is 48.7 Å². The van der Waals surface area contributed by atoms with Gasteiger partial charge >= 0.3 is 0 Å². The van der Waals surface area contributed by atoms with E-state index in [2.05, 4.69) is 15.6 Å². The van der Waals surface area contributed by atoms with Crippen LogP contribution in [0.2, 0.25) is 10.0 Å². The van der Waals surface area contributed by atoms with Crippen molar-refractivity contribution in [1.82, 2.24) is 15.6 Å². The Morgan fingerprint density at radius 3 is 2.70 bits per heavy atom. The number of hydrogen-bond donors (Lipinski definition) is 3. The number of amides is 2. The number of benzene rings is 1. The zero-order valence-corrected chi connectivity index (χ0v) is 17.4. The maximum Gasteiger partial charge on any atom is 0.253 e. The molecule has 2 heterocycles. The third-order valence-corrected chi connectivity index (χ3v) is 5.28. The monoisotopic (exact) mass is 449 g/mol. The summed E-state index contributed by atoms with van der Waals surface area (Å²) in [6.45, 7) is 0.00307. The third-order valence-electron chi connectivity index (χ3n) is 4.54. The van der Waals surface area contributed by atoms with Crippen molar-refractivity contribution in [2.75, 3.05) is 6.61 Å². The molecule has 0 saturated carbocycles. The van der Waals surface area contributed by atoms with Crippen LogP contribution in [0, 0.1) is 0 Å². The largest absolute Gasteiger partial charge is 0.394 e. The summed E-state index contributed by atoms with van der Waals surface area (Å²) in [5.74, 6) is -0.539. The molecule has 9 heteroatoms. The maximum absolute atomic E-state index is 12.3. The Bertz CT molecular complexity index is 924. The molecule has 1 aliphatic rings. The van der Waals surface area contributed by atoms with Gasteiger partial charge in [-0.25, -0.2) is 0 Å². The second-order valence-electron chi connectivity index (χ2n) is 6.75. The highest BCUT2D eigenvalue weighted by Gasteiger charge is 2.29. The smallest absolute Gasteiger partial charge is 0.253 e. The van der Waals surface area contributed by atoms with Crippen molar-refractivity contribution in [3.05, 3.63) is 76.0 Å². The molecule has 7 nitrogen and oxygen atoms in total. The van der Waals surface area contributed by atoms with Crippen LogP contribution in [0.5, 0.6) is 0 Å². The van der Waals surface area contributed by atoms with Gasteiger partial charge < -0.3 is 20.5 Å². The molecule has 0 aliphatic carbocycles. The van der Waals surface area contributed by atoms with E-state index in [0.717, 1.165) is 5.56 Å². The SMILES string of the molecule is O=C(C[C@@H]1C=C[C@H](NC(=O)c2cccnc2)[C@H](CO)O1)NCc1ccc(Cl)c(Cl)c1. The predicted molar refractivity (Wildman–Crippen MR) is 113 cm³/mol. The molecule has 2 aromatic rings. The Balaban J connectivity index is 1.52. The van der Waals surface area contributed by atoms with Gasteiger partial charge in [-0.1, -0.05) is 41.4 Å². The Kier molecular flexibility index (Phi) is 7.81. The van der Waals surface area contributed by atoms with Crippen LogP contribution in [0.3, 0.4) is 0 Å². The summed E-state index contributed by atoms with van der Waals surface area (Å²) in [6.07, 6.45) is 5.38. The fourth-order valence-corrected chi connectivity index (χ4v) is 3.29. The van der Waals surface area contributed by atoms with Crippen molar-refractivity contribution >= 4 is 35.0 Å². The average Bonchev–Trinajstić information content (AvgIpc) is 2.76. The van der Waals surface area contributed by atoms with Gasteiger partial charge in [-0.05, 0) is 29.8 Å². The van der Waals surface area contributed by atoms with Crippen LogP contribution in [0.15, 0.2) is 54.9 Å². The number of rotatable bonds is 7. The fourth-order valence-electron chi connectivity index (χ4n) is 2.97. The van der Waals surface area contributed by atoms with Crippen molar-refractivity contribution in [2.24, 2.45) is 0 Å². The van der Waals surface area contributed by atoms with E-state index in [9.17, 15) is 14.7 Å². The first-order valence-corrected chi connectivity index (χ1v) is 10.1. The summed E-state index contributed by atoms with van der Waals surface area (Å²) in [5.41, 5.74) is 1.23. The lowest BCUT2D eigenvalue weighted by molar-refractivity contribution is -0.125. The topological polar surface area (TPSA) is 101 Å². The lowest BCUT2D eigenvalue weighted by atomic mass is 10.0. The number of nitrogens with zero attached hydrogens (tertiary/aromatic N) is 1. The molecular formula is C21H21Cl2N3O4. The first-order chi connectivity index (χ1) is 14.5. The highest BCUT2D eigenvalue weighted by molar-refractivity contribution is 6.42. The van der Waals surface area contributed by atoms with Crippen LogP contribution in [-0.4, -0.2) is 46.8 Å². The summed E-state index contributed by atoms with van der Waals surface area (Å²) in [7, 11) is 0. The van der Waals surface area contributed by atoms with Crippen LogP contribution < -0.4 is 10.6 Å². The second kappa shape index (κ2) is 10.5. The van der Waals surface area contributed by atoms with Crippen molar-refractivity contribution in [3.8, 4) is 0 Å². The van der Waals surface area contributed by atoms with E-state index >= 15 is 0 Å². The van der Waals surface area contributed by atoms with Crippen LogP contribution in [0.1, 0.15) is 22.3 Å². The number of pyridine rings is 1. The Morgan fingerprint density at radius 2 is 2.00 bits per heavy atom. The Labute approximate surface area is 184 Å². The van der Waals surface area contributed by atoms with Crippen molar-refractivity contribution in [1.29, 1.82) is 0 Å². The van der Waals surface area contributed by atoms with E-state index in [0.29, 0.717) is 22.2 Å². The lowest BCUT2D eigenvalue weighted by Gasteiger charge is -2.31. The van der Waals surface area contributed by atoms with Gasteiger partial charge in [0.2, 0.25) is 5.91 Å². The highest BCUT2D eigenvalue weighted by atomic mass is 35.5. The number of aliphatic hydroxyl groups excluding tert-OH is 1. The first kappa shape index (κ1) is 22.2. The number of carbonyl (C=O) groups excluding carboxylic acids is 2. The van der Waals surface area contributed by atoms with E-state index in [-0.39, 0.29) is 24.8 Å². The first-order valence-electron chi connectivity index (χ1n) is 9.32. The van der Waals surface area contributed by atoms with Gasteiger partial charge in [0.1, 0.15) is 6.10 Å². The van der Waals surface area contributed by atoms with Gasteiger partial charge in [-0.15, -0.1) is 0 Å². The van der Waals surface area contributed by atoms with Crippen molar-refractivity contribution < 1.29 is 19.4 Å². The van der Waals surface area contributed by atoms with Crippen LogP contribution in [0.4, 0.5) is 0 Å². The molecule has 0 fully saturated rings. The van der Waals surface area contributed by atoms with Gasteiger partial charge in [0.15, 0.2) is 0 Å². The maximum atomic E-state index is 12.3. The fraction of sp³-hybridized carbons (Fsp3) is 0.286. The zero-order valence-electron chi connectivity index (χ0n) is 15.9. The quantitative estimate of drug-likeness (QED) is 0.563. The molecule has 0 unspecified atom stereocenters. The molecule has 3 atom stereocenters. The standard InChI is InChI=1S/C21H21Cl2N3O4/c22-16-5-3-13(8-17(16)23)10-25-20(28)9-15-4-6-18(19(12-27)30-15)26-21(29)14-2-1-7-24-11-14/h1-8,11,15,18-19,27H,9-10,12H2,(H,25,28)(H,26,29)/t15-,18-,19-/m0/s1. The molecule has 0 bridgehead atoms. The number of hydrogen-bond acceptors (Lipinski definition) is 5. The predicted octanol–water partition coefficient (Wildman–Crippen LogP) is 2.51. The summed E-state index contributed by atoms with van der Waals surface area (Å²) >= 11 is 11.9. The van der Waals surface area contributed by atoms with Crippen LogP contribution >= 0.6 is 23.2 Å². The molecule has 1 aromatic heterocycles. The molecule has 2 amide bonds. The molecule has 1 aliphatic heterocycles. The summed E-state index contributed by atoms with van der Waals surface area (Å²) in [6, 6.07) is 7.94. The van der Waals surface area contributed by atoms with Crippen molar-refractivity contribution in [3.63, 3.8) is 0 Å². The molecule has 30 heavy (non-hydrogen) atoms. The number of nitrogens with one attached hydrogen (secondary N) is 2. The molecule has 158 valence electrons. The van der Waals surface area contributed by atoms with Gasteiger partial charge in [0, 0.05) is 18.9 Å². The van der Waals surface area contributed by atoms with Crippen LogP contribution in [0.25, 0.3) is 0 Å². The molecule has 0 radical (unpaired) electrons. The third kappa shape index (κ3) is 6.03. The van der Waals surface area contributed by atoms with E-state index in [1.165, 1.54) is 6.20 Å². The second-order valence-corrected chi connectivity index (χ2v) is 7.57. The normalized spacial score (nSPS) is 20.6. The zero-order chi connectivity index (χ0) is 21.5. The number of halogens is 2. The molecular weight excluding hydrogens is 429 g/mol. The number of ether oxygens (including phenoxy) is 1. The van der Waals surface area contributed by atoms with E-state index < -0.39 is 18.2 Å². The lowest BCUT2D eigenvalue weighted by Crippen LogP contribution is -2.49. The van der Waals surface area contributed by atoms with Gasteiger partial charge in [0.05, 0.1) is 40.8 Å². The summed E-state index contributed by atoms with van der Waals surface area (Å²) in [4.78, 5) is 28.5. The summed E-state index contributed by atoms with van der Waals surface area (Å²) < 4.78 is 5.78. The Hall–Kier alpha value is -2.45. The average molecular weight is 450 g/mol. The van der Waals surface area contributed by atoms with Gasteiger partial charge in [0.25, 0.3) is 5.91 Å². The molecule has 1 aromatic carbocycles. The highest BCUT2D eigenvalue weighted by Crippen LogP contribution is 2.22. The van der Waals surface area contributed by atoms with Crippen LogP contribution in [-0.2, 0) is 16.1 Å².